The van der Waals surface area contributed by atoms with E-state index in [2.05, 4.69) is 20.9 Å². The normalized spacial score (nSPS) is 10.3. The summed E-state index contributed by atoms with van der Waals surface area (Å²) in [6, 6.07) is 9.56. The van der Waals surface area contributed by atoms with Crippen molar-refractivity contribution in [3.8, 4) is 0 Å². The highest BCUT2D eigenvalue weighted by atomic mass is 79.9. The Morgan fingerprint density at radius 2 is 2.05 bits per heavy atom. The molecular weight excluding hydrogens is 311 g/mol. The van der Waals surface area contributed by atoms with Crippen LogP contribution in [0.5, 0.6) is 0 Å². The summed E-state index contributed by atoms with van der Waals surface area (Å²) in [5.74, 6) is -0.685. The molecule has 0 aliphatic carbocycles. The Morgan fingerprint density at radius 1 is 1.32 bits per heavy atom. The van der Waals surface area contributed by atoms with Crippen LogP contribution in [-0.2, 0) is 0 Å². The van der Waals surface area contributed by atoms with Crippen molar-refractivity contribution in [2.24, 2.45) is 0 Å². The lowest BCUT2D eigenvalue weighted by Gasteiger charge is -2.21. The number of carbonyl (C=O) groups excluding carboxylic acids is 1. The molecule has 0 saturated heterocycles. The number of anilines is 1. The van der Waals surface area contributed by atoms with E-state index in [1.165, 1.54) is 17.2 Å². The van der Waals surface area contributed by atoms with Gasteiger partial charge in [-0.2, -0.15) is 0 Å². The molecule has 1 amide bonds. The molecule has 1 heterocycles. The molecule has 98 valence electrons. The van der Waals surface area contributed by atoms with Gasteiger partial charge in [0.25, 0.3) is 5.91 Å². The van der Waals surface area contributed by atoms with E-state index in [0.29, 0.717) is 16.7 Å². The number of pyridine rings is 1. The van der Waals surface area contributed by atoms with Gasteiger partial charge in [-0.25, -0.2) is 9.37 Å². The van der Waals surface area contributed by atoms with Crippen LogP contribution in [0.2, 0.25) is 0 Å². The minimum atomic E-state index is -0.414. The Morgan fingerprint density at radius 3 is 2.63 bits per heavy atom. The summed E-state index contributed by atoms with van der Waals surface area (Å²) in [6.07, 6.45) is 1.47. The molecule has 0 bridgehead atoms. The third kappa shape index (κ3) is 2.98. The van der Waals surface area contributed by atoms with Crippen molar-refractivity contribution in [2.45, 2.75) is 6.92 Å². The number of hydrogen-bond acceptors (Lipinski definition) is 2. The summed E-state index contributed by atoms with van der Waals surface area (Å²) in [5, 5.41) is 0. The molecule has 0 fully saturated rings. The van der Waals surface area contributed by atoms with Crippen LogP contribution in [0.15, 0.2) is 47.2 Å². The number of rotatable bonds is 3. The average Bonchev–Trinajstić information content (AvgIpc) is 2.42. The van der Waals surface area contributed by atoms with Crippen LogP contribution in [0.3, 0.4) is 0 Å². The first-order valence-electron chi connectivity index (χ1n) is 5.81. The van der Waals surface area contributed by atoms with Gasteiger partial charge >= 0.3 is 0 Å². The Balaban J connectivity index is 2.35. The number of hydrogen-bond donors (Lipinski definition) is 0. The first-order chi connectivity index (χ1) is 9.13. The van der Waals surface area contributed by atoms with Crippen LogP contribution in [-0.4, -0.2) is 17.4 Å². The van der Waals surface area contributed by atoms with Gasteiger partial charge in [-0.05, 0) is 47.1 Å². The van der Waals surface area contributed by atoms with Crippen molar-refractivity contribution in [2.75, 3.05) is 11.4 Å². The molecule has 19 heavy (non-hydrogen) atoms. The number of aromatic nitrogens is 1. The maximum absolute atomic E-state index is 13.7. The summed E-state index contributed by atoms with van der Waals surface area (Å²) in [4.78, 5) is 17.7. The molecular formula is C14H12BrFN2O. The number of nitrogens with zero attached hydrogens (tertiary/aromatic N) is 2. The minimum absolute atomic E-state index is 0.271. The molecule has 1 aromatic carbocycles. The van der Waals surface area contributed by atoms with Crippen molar-refractivity contribution in [3.05, 3.63) is 58.6 Å². The van der Waals surface area contributed by atoms with E-state index in [0.717, 1.165) is 0 Å². The lowest BCUT2D eigenvalue weighted by atomic mass is 10.2. The molecule has 0 aliphatic rings. The van der Waals surface area contributed by atoms with Crippen molar-refractivity contribution >= 4 is 27.5 Å². The summed E-state index contributed by atoms with van der Waals surface area (Å²) in [7, 11) is 0. The third-order valence-electron chi connectivity index (χ3n) is 2.68. The van der Waals surface area contributed by atoms with E-state index in [-0.39, 0.29) is 11.6 Å². The van der Waals surface area contributed by atoms with Gasteiger partial charge in [0, 0.05) is 12.7 Å². The zero-order valence-electron chi connectivity index (χ0n) is 10.3. The number of para-hydroxylation sites is 1. The van der Waals surface area contributed by atoms with Crippen molar-refractivity contribution in [3.63, 3.8) is 0 Å². The molecule has 0 radical (unpaired) electrons. The Labute approximate surface area is 119 Å². The molecule has 0 aliphatic heterocycles. The van der Waals surface area contributed by atoms with Crippen molar-refractivity contribution < 1.29 is 9.18 Å². The zero-order valence-corrected chi connectivity index (χ0v) is 11.9. The summed E-state index contributed by atoms with van der Waals surface area (Å²) >= 11 is 3.21. The van der Waals surface area contributed by atoms with Crippen molar-refractivity contribution in [1.82, 2.24) is 4.98 Å². The molecule has 3 nitrogen and oxygen atoms in total. The van der Waals surface area contributed by atoms with Crippen LogP contribution in [0, 0.1) is 5.82 Å². The number of carbonyl (C=O) groups is 1. The highest BCUT2D eigenvalue weighted by molar-refractivity contribution is 9.10. The molecule has 0 unspecified atom stereocenters. The van der Waals surface area contributed by atoms with Crippen LogP contribution in [0.25, 0.3) is 0 Å². The van der Waals surface area contributed by atoms with Gasteiger partial charge in [-0.1, -0.05) is 12.1 Å². The first-order valence-corrected chi connectivity index (χ1v) is 6.60. The third-order valence-corrected chi connectivity index (χ3v) is 3.15. The highest BCUT2D eigenvalue weighted by Gasteiger charge is 2.18. The lowest BCUT2D eigenvalue weighted by molar-refractivity contribution is 0.0987. The maximum Gasteiger partial charge on any atom is 0.259 e. The highest BCUT2D eigenvalue weighted by Crippen LogP contribution is 2.20. The number of amides is 1. The van der Waals surface area contributed by atoms with Gasteiger partial charge in [-0.3, -0.25) is 4.79 Å². The van der Waals surface area contributed by atoms with E-state index in [1.807, 2.05) is 0 Å². The topological polar surface area (TPSA) is 33.2 Å². The van der Waals surface area contributed by atoms with Crippen LogP contribution in [0.1, 0.15) is 17.3 Å². The summed E-state index contributed by atoms with van der Waals surface area (Å²) in [5.41, 5.74) is 0.700. The van der Waals surface area contributed by atoms with E-state index in [4.69, 9.17) is 0 Å². The monoisotopic (exact) mass is 322 g/mol. The van der Waals surface area contributed by atoms with Gasteiger partial charge in [0.2, 0.25) is 0 Å². The molecule has 0 spiro atoms. The molecule has 1 aromatic heterocycles. The van der Waals surface area contributed by atoms with Gasteiger partial charge in [0.05, 0.1) is 11.3 Å². The standard InChI is InChI=1S/C14H12BrFN2O/c1-2-18(12-6-4-3-5-11(12)16)14(19)10-7-8-13(15)17-9-10/h3-9H,2H2,1H3. The van der Waals surface area contributed by atoms with Crippen LogP contribution >= 0.6 is 15.9 Å². The molecule has 0 N–H and O–H groups in total. The second-order valence-corrected chi connectivity index (χ2v) is 4.68. The van der Waals surface area contributed by atoms with E-state index >= 15 is 0 Å². The van der Waals surface area contributed by atoms with Gasteiger partial charge in [0.1, 0.15) is 10.4 Å². The quantitative estimate of drug-likeness (QED) is 0.808. The fourth-order valence-electron chi connectivity index (χ4n) is 1.75. The summed E-state index contributed by atoms with van der Waals surface area (Å²) < 4.78 is 14.4. The molecule has 2 aromatic rings. The van der Waals surface area contributed by atoms with Crippen molar-refractivity contribution in [1.29, 1.82) is 0 Å². The molecule has 0 saturated carbocycles. The fourth-order valence-corrected chi connectivity index (χ4v) is 1.99. The molecule has 5 heteroatoms. The van der Waals surface area contributed by atoms with E-state index in [1.54, 1.807) is 37.3 Å². The predicted octanol–water partition coefficient (Wildman–Crippen LogP) is 3.65. The zero-order chi connectivity index (χ0) is 13.8. The first kappa shape index (κ1) is 13.7. The second kappa shape index (κ2) is 5.93. The number of halogens is 2. The molecule has 2 rings (SSSR count). The Hall–Kier alpha value is -1.75. The van der Waals surface area contributed by atoms with E-state index in [9.17, 15) is 9.18 Å². The minimum Gasteiger partial charge on any atom is -0.306 e. The lowest BCUT2D eigenvalue weighted by Crippen LogP contribution is -2.31. The van der Waals surface area contributed by atoms with Gasteiger partial charge in [0.15, 0.2) is 0 Å². The fraction of sp³-hybridized carbons (Fsp3) is 0.143. The Bertz CT molecular complexity index is 586. The SMILES string of the molecule is CCN(C(=O)c1ccc(Br)nc1)c1ccccc1F. The molecule has 0 atom stereocenters. The number of benzene rings is 1. The van der Waals surface area contributed by atoms with E-state index < -0.39 is 5.82 Å². The predicted molar refractivity (Wildman–Crippen MR) is 75.7 cm³/mol. The maximum atomic E-state index is 13.7. The van der Waals surface area contributed by atoms with Crippen LogP contribution < -0.4 is 4.90 Å². The van der Waals surface area contributed by atoms with Gasteiger partial charge in [-0.15, -0.1) is 0 Å². The Kier molecular flexibility index (Phi) is 4.27. The largest absolute Gasteiger partial charge is 0.306 e. The smallest absolute Gasteiger partial charge is 0.259 e. The second-order valence-electron chi connectivity index (χ2n) is 3.87. The van der Waals surface area contributed by atoms with Crippen LogP contribution in [0.4, 0.5) is 10.1 Å². The average molecular weight is 323 g/mol. The van der Waals surface area contributed by atoms with Gasteiger partial charge < -0.3 is 4.90 Å². The summed E-state index contributed by atoms with van der Waals surface area (Å²) in [6.45, 7) is 2.19.